The summed E-state index contributed by atoms with van der Waals surface area (Å²) in [6.45, 7) is 1.23. The number of aromatic amines is 1. The van der Waals surface area contributed by atoms with Crippen molar-refractivity contribution in [2.45, 2.75) is 12.8 Å². The van der Waals surface area contributed by atoms with E-state index in [0.29, 0.717) is 53.5 Å². The number of halogens is 1. The highest BCUT2D eigenvalue weighted by Gasteiger charge is 2.14. The molecule has 2 aromatic heterocycles. The number of imidazole rings is 1. The molecule has 0 atom stereocenters. The quantitative estimate of drug-likeness (QED) is 0.359. The van der Waals surface area contributed by atoms with Crippen LogP contribution in [0.4, 0.5) is 4.39 Å². The third-order valence-corrected chi connectivity index (χ3v) is 4.98. The molecule has 0 radical (unpaired) electrons. The van der Waals surface area contributed by atoms with Crippen molar-refractivity contribution in [1.82, 2.24) is 25.3 Å². The molecule has 0 unspecified atom stereocenters. The maximum absolute atomic E-state index is 13.4. The van der Waals surface area contributed by atoms with Crippen LogP contribution in [0.5, 0.6) is 5.88 Å². The van der Waals surface area contributed by atoms with E-state index >= 15 is 0 Å². The Kier molecular flexibility index (Phi) is 7.21. The number of rotatable bonds is 10. The number of amides is 1. The molecule has 2 heterocycles. The van der Waals surface area contributed by atoms with Crippen molar-refractivity contribution in [3.63, 3.8) is 0 Å². The Morgan fingerprint density at radius 2 is 1.97 bits per heavy atom. The van der Waals surface area contributed by atoms with Gasteiger partial charge in [0.15, 0.2) is 5.82 Å². The van der Waals surface area contributed by atoms with Crippen LogP contribution in [0.15, 0.2) is 54.9 Å². The first-order chi connectivity index (χ1) is 16.1. The molecule has 1 amide bonds. The minimum absolute atomic E-state index is 0.194. The maximum Gasteiger partial charge on any atom is 0.251 e. The van der Waals surface area contributed by atoms with Crippen LogP contribution in [0.1, 0.15) is 22.6 Å². The van der Waals surface area contributed by atoms with Gasteiger partial charge >= 0.3 is 0 Å². The molecule has 33 heavy (non-hydrogen) atoms. The first-order valence-electron chi connectivity index (χ1n) is 10.6. The minimum atomic E-state index is -0.345. The van der Waals surface area contributed by atoms with E-state index in [-0.39, 0.29) is 11.7 Å². The lowest BCUT2D eigenvalue weighted by Gasteiger charge is -2.11. The molecule has 0 saturated heterocycles. The van der Waals surface area contributed by atoms with E-state index in [1.165, 1.54) is 12.1 Å². The van der Waals surface area contributed by atoms with Gasteiger partial charge in [-0.25, -0.2) is 14.4 Å². The predicted molar refractivity (Wildman–Crippen MR) is 122 cm³/mol. The van der Waals surface area contributed by atoms with Gasteiger partial charge in [0.1, 0.15) is 18.2 Å². The van der Waals surface area contributed by atoms with Crippen LogP contribution in [-0.2, 0) is 11.2 Å². The van der Waals surface area contributed by atoms with E-state index in [1.807, 2.05) is 0 Å². The third-order valence-electron chi connectivity index (χ3n) is 4.98. The van der Waals surface area contributed by atoms with Crippen LogP contribution in [-0.4, -0.2) is 52.7 Å². The molecule has 9 heteroatoms. The van der Waals surface area contributed by atoms with Gasteiger partial charge in [-0.15, -0.1) is 0 Å². The smallest absolute Gasteiger partial charge is 0.251 e. The number of aromatic nitrogens is 4. The van der Waals surface area contributed by atoms with Crippen molar-refractivity contribution in [3.8, 4) is 17.3 Å². The summed E-state index contributed by atoms with van der Waals surface area (Å²) in [5, 5.41) is 3.59. The highest BCUT2D eigenvalue weighted by Crippen LogP contribution is 2.27. The van der Waals surface area contributed by atoms with Gasteiger partial charge in [0.05, 0.1) is 17.5 Å². The zero-order valence-electron chi connectivity index (χ0n) is 18.2. The summed E-state index contributed by atoms with van der Waals surface area (Å²) >= 11 is 0. The second-order valence-electron chi connectivity index (χ2n) is 7.33. The first-order valence-corrected chi connectivity index (χ1v) is 10.6. The molecule has 4 rings (SSSR count). The number of benzene rings is 2. The van der Waals surface area contributed by atoms with E-state index in [1.54, 1.807) is 49.8 Å². The summed E-state index contributed by atoms with van der Waals surface area (Å²) in [5.74, 6) is 1.11. The molecule has 0 aliphatic carbocycles. The summed E-state index contributed by atoms with van der Waals surface area (Å²) in [4.78, 5) is 29.0. The Morgan fingerprint density at radius 3 is 2.73 bits per heavy atom. The van der Waals surface area contributed by atoms with Gasteiger partial charge < -0.3 is 19.8 Å². The summed E-state index contributed by atoms with van der Waals surface area (Å²) in [7, 11) is 1.59. The van der Waals surface area contributed by atoms with Crippen LogP contribution in [0.2, 0.25) is 0 Å². The number of nitrogens with one attached hydrogen (secondary N) is 2. The normalized spacial score (nSPS) is 11.0. The Bertz CT molecular complexity index is 1210. The van der Waals surface area contributed by atoms with Gasteiger partial charge in [-0.1, -0.05) is 0 Å². The van der Waals surface area contributed by atoms with Crippen molar-refractivity contribution >= 4 is 16.8 Å². The lowest BCUT2D eigenvalue weighted by Crippen LogP contribution is -2.24. The fourth-order valence-electron chi connectivity index (χ4n) is 3.30. The van der Waals surface area contributed by atoms with Gasteiger partial charge in [0.25, 0.3) is 5.91 Å². The average molecular weight is 449 g/mol. The second kappa shape index (κ2) is 10.6. The minimum Gasteiger partial charge on any atom is -0.475 e. The summed E-state index contributed by atoms with van der Waals surface area (Å²) < 4.78 is 24.2. The van der Waals surface area contributed by atoms with Gasteiger partial charge in [0, 0.05) is 43.6 Å². The van der Waals surface area contributed by atoms with Gasteiger partial charge in [-0.05, 0) is 48.9 Å². The average Bonchev–Trinajstić information content (AvgIpc) is 3.35. The number of hydrogen-bond acceptors (Lipinski definition) is 6. The fraction of sp³-hybridized carbons (Fsp3) is 0.250. The predicted octanol–water partition coefficient (Wildman–Crippen LogP) is 3.55. The van der Waals surface area contributed by atoms with E-state index < -0.39 is 0 Å². The van der Waals surface area contributed by atoms with Crippen LogP contribution >= 0.6 is 0 Å². The number of methoxy groups -OCH3 is 1. The fourth-order valence-corrected chi connectivity index (χ4v) is 3.30. The van der Waals surface area contributed by atoms with E-state index in [2.05, 4.69) is 25.3 Å². The topological polar surface area (TPSA) is 102 Å². The van der Waals surface area contributed by atoms with Gasteiger partial charge in [-0.3, -0.25) is 4.79 Å². The maximum atomic E-state index is 13.4. The SMILES string of the molecule is COCCOc1nc(-c2ccc(F)cc2)nc2cc(C(=O)NCCCc3ncc[nH]3)ccc12. The molecule has 4 aromatic rings. The highest BCUT2D eigenvalue weighted by molar-refractivity contribution is 5.98. The molecule has 8 nitrogen and oxygen atoms in total. The number of carbonyl (C=O) groups is 1. The Morgan fingerprint density at radius 1 is 1.12 bits per heavy atom. The monoisotopic (exact) mass is 449 g/mol. The molecule has 2 N–H and O–H groups in total. The van der Waals surface area contributed by atoms with Crippen molar-refractivity contribution in [3.05, 3.63) is 72.1 Å². The number of nitrogens with zero attached hydrogens (tertiary/aromatic N) is 3. The van der Waals surface area contributed by atoms with Crippen molar-refractivity contribution in [1.29, 1.82) is 0 Å². The standard InChI is InChI=1S/C24H24FN5O3/c1-32-13-14-33-24-19-9-6-17(23(31)28-10-2-3-21-26-11-12-27-21)15-20(19)29-22(30-24)16-4-7-18(25)8-5-16/h4-9,11-12,15H,2-3,10,13-14H2,1H3,(H,26,27)(H,28,31). The molecule has 0 fully saturated rings. The molecule has 0 aliphatic rings. The van der Waals surface area contributed by atoms with Crippen molar-refractivity contribution in [2.24, 2.45) is 0 Å². The van der Waals surface area contributed by atoms with Crippen LogP contribution in [0.3, 0.4) is 0 Å². The van der Waals surface area contributed by atoms with Crippen LogP contribution in [0.25, 0.3) is 22.3 Å². The zero-order valence-corrected chi connectivity index (χ0v) is 18.2. The molecular formula is C24H24FN5O3. The first kappa shape index (κ1) is 22.3. The second-order valence-corrected chi connectivity index (χ2v) is 7.33. The Hall–Kier alpha value is -3.85. The number of carbonyl (C=O) groups excluding carboxylic acids is 1. The zero-order chi connectivity index (χ0) is 23.0. The van der Waals surface area contributed by atoms with Crippen molar-refractivity contribution in [2.75, 3.05) is 26.9 Å². The van der Waals surface area contributed by atoms with Crippen molar-refractivity contribution < 1.29 is 18.7 Å². The summed E-state index contributed by atoms with van der Waals surface area (Å²) in [5.41, 5.74) is 1.68. The molecular weight excluding hydrogens is 425 g/mol. The Balaban J connectivity index is 1.56. The summed E-state index contributed by atoms with van der Waals surface area (Å²) in [6, 6.07) is 11.1. The molecule has 0 saturated carbocycles. The third kappa shape index (κ3) is 5.69. The molecule has 0 spiro atoms. The number of H-pyrrole nitrogens is 1. The van der Waals surface area contributed by atoms with Gasteiger partial charge in [0.2, 0.25) is 5.88 Å². The molecule has 2 aromatic carbocycles. The largest absolute Gasteiger partial charge is 0.475 e. The molecule has 0 bridgehead atoms. The van der Waals surface area contributed by atoms with E-state index in [4.69, 9.17) is 9.47 Å². The van der Waals surface area contributed by atoms with Gasteiger partial charge in [-0.2, -0.15) is 4.98 Å². The Labute approximate surface area is 190 Å². The molecule has 170 valence electrons. The van der Waals surface area contributed by atoms with Crippen LogP contribution in [0, 0.1) is 5.82 Å². The van der Waals surface area contributed by atoms with E-state index in [9.17, 15) is 9.18 Å². The number of fused-ring (bicyclic) bond motifs is 1. The lowest BCUT2D eigenvalue weighted by atomic mass is 10.1. The molecule has 0 aliphatic heterocycles. The number of hydrogen-bond donors (Lipinski definition) is 2. The lowest BCUT2D eigenvalue weighted by molar-refractivity contribution is 0.0953. The van der Waals surface area contributed by atoms with Crippen LogP contribution < -0.4 is 10.1 Å². The summed E-state index contributed by atoms with van der Waals surface area (Å²) in [6.07, 6.45) is 5.00. The number of aryl methyl sites for hydroxylation is 1. The highest BCUT2D eigenvalue weighted by atomic mass is 19.1. The number of ether oxygens (including phenoxy) is 2. The van der Waals surface area contributed by atoms with E-state index in [0.717, 1.165) is 18.7 Å².